The number of carbonyl (C=O) groups excluding carboxylic acids is 2. The van der Waals surface area contributed by atoms with Crippen molar-refractivity contribution >= 4 is 18.0 Å². The maximum atomic E-state index is 12.4. The summed E-state index contributed by atoms with van der Waals surface area (Å²) in [5, 5.41) is 0. The Morgan fingerprint density at radius 2 is 2.00 bits per heavy atom. The highest BCUT2D eigenvalue weighted by Crippen LogP contribution is 2.39. The third-order valence-corrected chi connectivity index (χ3v) is 3.62. The maximum absolute atomic E-state index is 12.4. The minimum atomic E-state index is -0.537. The molecule has 5 heteroatoms. The molecule has 3 rings (SSSR count). The summed E-state index contributed by atoms with van der Waals surface area (Å²) in [6.45, 7) is 2.37. The number of carbonyl (C=O) groups is 2. The lowest BCUT2D eigenvalue weighted by atomic mass is 10.0. The monoisotopic (exact) mass is 272 g/mol. The largest absolute Gasteiger partial charge is 0.357 e. The minimum absolute atomic E-state index is 0.242. The summed E-state index contributed by atoms with van der Waals surface area (Å²) in [7, 11) is 1.55. The van der Waals surface area contributed by atoms with Gasteiger partial charge in [0.05, 0.1) is 0 Å². The van der Waals surface area contributed by atoms with Crippen molar-refractivity contribution in [1.82, 2.24) is 9.80 Å². The van der Waals surface area contributed by atoms with Crippen molar-refractivity contribution in [3.63, 3.8) is 0 Å². The number of urea groups is 1. The first-order valence-corrected chi connectivity index (χ1v) is 6.67. The molecule has 2 heterocycles. The van der Waals surface area contributed by atoms with Crippen molar-refractivity contribution in [2.45, 2.75) is 19.6 Å². The fraction of sp³-hybridized carbons (Fsp3) is 0.333. The van der Waals surface area contributed by atoms with Crippen LogP contribution in [0.1, 0.15) is 30.7 Å². The molecule has 1 saturated heterocycles. The first-order valence-electron chi connectivity index (χ1n) is 6.67. The molecule has 0 bridgehead atoms. The zero-order valence-corrected chi connectivity index (χ0v) is 11.5. The van der Waals surface area contributed by atoms with Gasteiger partial charge in [0.15, 0.2) is 6.23 Å². The molecule has 20 heavy (non-hydrogen) atoms. The van der Waals surface area contributed by atoms with E-state index in [2.05, 4.69) is 0 Å². The zero-order chi connectivity index (χ0) is 14.3. The molecular formula is C15H16N2O3. The number of methoxy groups -OCH3 is 1. The Morgan fingerprint density at radius 3 is 2.70 bits per heavy atom. The van der Waals surface area contributed by atoms with Crippen molar-refractivity contribution in [3.05, 3.63) is 41.1 Å². The average Bonchev–Trinajstić information content (AvgIpc) is 2.70. The Labute approximate surface area is 117 Å². The standard InChI is InChI=1S/C15H16N2O3/c1-3-8-16-13(18)12-9-10-6-4-5-7-11(10)14(20-2)17(12)15(16)19/h4-7,9,14H,3,8H2,1-2H3. The molecule has 1 fully saturated rings. The fourth-order valence-electron chi connectivity index (χ4n) is 2.73. The molecule has 0 aliphatic carbocycles. The number of nitrogens with zero attached hydrogens (tertiary/aromatic N) is 2. The van der Waals surface area contributed by atoms with Crippen LogP contribution >= 0.6 is 0 Å². The molecule has 0 aromatic heterocycles. The molecule has 2 aliphatic rings. The molecular weight excluding hydrogens is 256 g/mol. The zero-order valence-electron chi connectivity index (χ0n) is 11.5. The molecule has 2 aliphatic heterocycles. The molecule has 1 aromatic carbocycles. The molecule has 0 N–H and O–H groups in total. The van der Waals surface area contributed by atoms with Crippen LogP contribution in [0.25, 0.3) is 6.08 Å². The van der Waals surface area contributed by atoms with Gasteiger partial charge in [-0.05, 0) is 18.1 Å². The molecule has 1 atom stereocenters. The molecule has 0 saturated carbocycles. The van der Waals surface area contributed by atoms with Crippen LogP contribution in [0.4, 0.5) is 4.79 Å². The Kier molecular flexibility index (Phi) is 3.06. The first kappa shape index (κ1) is 12.9. The number of rotatable bonds is 3. The summed E-state index contributed by atoms with van der Waals surface area (Å²) >= 11 is 0. The number of fused-ring (bicyclic) bond motifs is 2. The third-order valence-electron chi connectivity index (χ3n) is 3.62. The highest BCUT2D eigenvalue weighted by molar-refractivity contribution is 6.14. The van der Waals surface area contributed by atoms with Gasteiger partial charge in [-0.2, -0.15) is 0 Å². The summed E-state index contributed by atoms with van der Waals surface area (Å²) in [5.41, 5.74) is 2.22. The molecule has 3 amide bonds. The molecule has 0 spiro atoms. The van der Waals surface area contributed by atoms with Crippen LogP contribution in [0.3, 0.4) is 0 Å². The summed E-state index contributed by atoms with van der Waals surface area (Å²) in [6.07, 6.45) is 1.97. The van der Waals surface area contributed by atoms with E-state index < -0.39 is 6.23 Å². The Balaban J connectivity index is 2.11. The van der Waals surface area contributed by atoms with Crippen molar-refractivity contribution in [2.75, 3.05) is 13.7 Å². The summed E-state index contributed by atoms with van der Waals surface area (Å²) in [4.78, 5) is 27.5. The van der Waals surface area contributed by atoms with Gasteiger partial charge < -0.3 is 4.74 Å². The van der Waals surface area contributed by atoms with Gasteiger partial charge >= 0.3 is 6.03 Å². The second kappa shape index (κ2) is 4.76. The van der Waals surface area contributed by atoms with E-state index in [1.807, 2.05) is 31.2 Å². The second-order valence-corrected chi connectivity index (χ2v) is 4.86. The van der Waals surface area contributed by atoms with Crippen molar-refractivity contribution in [3.8, 4) is 0 Å². The van der Waals surface area contributed by atoms with E-state index in [9.17, 15) is 9.59 Å². The molecule has 0 radical (unpaired) electrons. The van der Waals surface area contributed by atoms with E-state index in [1.54, 1.807) is 13.2 Å². The minimum Gasteiger partial charge on any atom is -0.357 e. The van der Waals surface area contributed by atoms with Gasteiger partial charge in [-0.1, -0.05) is 31.2 Å². The van der Waals surface area contributed by atoms with Gasteiger partial charge in [-0.3, -0.25) is 14.6 Å². The van der Waals surface area contributed by atoms with E-state index in [0.29, 0.717) is 12.2 Å². The van der Waals surface area contributed by atoms with Crippen LogP contribution < -0.4 is 0 Å². The van der Waals surface area contributed by atoms with Crippen LogP contribution in [0, 0.1) is 0 Å². The highest BCUT2D eigenvalue weighted by Gasteiger charge is 2.46. The van der Waals surface area contributed by atoms with E-state index in [1.165, 1.54) is 9.80 Å². The van der Waals surface area contributed by atoms with Gasteiger partial charge in [0.1, 0.15) is 5.70 Å². The summed E-state index contributed by atoms with van der Waals surface area (Å²) in [6, 6.07) is 7.34. The lowest BCUT2D eigenvalue weighted by Gasteiger charge is -2.30. The van der Waals surface area contributed by atoms with E-state index >= 15 is 0 Å². The topological polar surface area (TPSA) is 49.9 Å². The van der Waals surface area contributed by atoms with E-state index in [4.69, 9.17) is 4.74 Å². The smallest absolute Gasteiger partial charge is 0.334 e. The summed E-state index contributed by atoms with van der Waals surface area (Å²) in [5.74, 6) is -0.242. The summed E-state index contributed by atoms with van der Waals surface area (Å²) < 4.78 is 5.46. The highest BCUT2D eigenvalue weighted by atomic mass is 16.5. The molecule has 1 aromatic rings. The van der Waals surface area contributed by atoms with Gasteiger partial charge in [-0.25, -0.2) is 4.79 Å². The van der Waals surface area contributed by atoms with Crippen LogP contribution in [0.2, 0.25) is 0 Å². The second-order valence-electron chi connectivity index (χ2n) is 4.86. The van der Waals surface area contributed by atoms with Gasteiger partial charge in [0.2, 0.25) is 0 Å². The Hall–Kier alpha value is -2.14. The quantitative estimate of drug-likeness (QED) is 0.794. The molecule has 5 nitrogen and oxygen atoms in total. The van der Waals surface area contributed by atoms with E-state index in [-0.39, 0.29) is 11.9 Å². The van der Waals surface area contributed by atoms with Crippen LogP contribution in [-0.2, 0) is 9.53 Å². The normalized spacial score (nSPS) is 20.9. The molecule has 1 unspecified atom stereocenters. The third kappa shape index (κ3) is 1.67. The first-order chi connectivity index (χ1) is 9.69. The number of imide groups is 1. The van der Waals surface area contributed by atoms with Gasteiger partial charge in [0.25, 0.3) is 5.91 Å². The van der Waals surface area contributed by atoms with E-state index in [0.717, 1.165) is 17.5 Å². The molecule has 104 valence electrons. The van der Waals surface area contributed by atoms with Crippen molar-refractivity contribution < 1.29 is 14.3 Å². The van der Waals surface area contributed by atoms with Gasteiger partial charge in [-0.15, -0.1) is 0 Å². The number of benzene rings is 1. The fourth-order valence-corrected chi connectivity index (χ4v) is 2.73. The predicted octanol–water partition coefficient (Wildman–Crippen LogP) is 2.36. The lowest BCUT2D eigenvalue weighted by molar-refractivity contribution is -0.123. The van der Waals surface area contributed by atoms with Crippen LogP contribution in [-0.4, -0.2) is 35.4 Å². The number of hydrogen-bond donors (Lipinski definition) is 0. The SMILES string of the molecule is CCCN1C(=O)C2=Cc3ccccc3C(OC)N2C1=O. The predicted molar refractivity (Wildman–Crippen MR) is 73.4 cm³/mol. The van der Waals surface area contributed by atoms with Crippen LogP contribution in [0.5, 0.6) is 0 Å². The Bertz CT molecular complexity index is 609. The number of ether oxygens (including phenoxy) is 1. The Morgan fingerprint density at radius 1 is 1.25 bits per heavy atom. The number of amides is 3. The van der Waals surface area contributed by atoms with Gasteiger partial charge in [0, 0.05) is 19.2 Å². The number of hydrogen-bond acceptors (Lipinski definition) is 3. The maximum Gasteiger partial charge on any atom is 0.334 e. The average molecular weight is 272 g/mol. The lowest BCUT2D eigenvalue weighted by Crippen LogP contribution is -2.36. The van der Waals surface area contributed by atoms with Crippen molar-refractivity contribution in [1.29, 1.82) is 0 Å². The van der Waals surface area contributed by atoms with Crippen molar-refractivity contribution in [2.24, 2.45) is 0 Å². The van der Waals surface area contributed by atoms with Crippen LogP contribution in [0.15, 0.2) is 30.0 Å².